The van der Waals surface area contributed by atoms with Crippen LogP contribution in [0, 0.1) is 0 Å². The summed E-state index contributed by atoms with van der Waals surface area (Å²) in [5.74, 6) is 0.681. The fourth-order valence-corrected chi connectivity index (χ4v) is 8.79. The van der Waals surface area contributed by atoms with Gasteiger partial charge < -0.3 is 13.6 Å². The lowest BCUT2D eigenvalue weighted by Gasteiger charge is -2.12. The maximum absolute atomic E-state index is 6.46. The second-order valence-corrected chi connectivity index (χ2v) is 14.6. The van der Waals surface area contributed by atoms with Crippen molar-refractivity contribution in [1.29, 1.82) is 0 Å². The Morgan fingerprint density at radius 2 is 0.912 bits per heavy atom. The quantitative estimate of drug-likeness (QED) is 0.177. The van der Waals surface area contributed by atoms with E-state index in [9.17, 15) is 0 Å². The topological polar surface area (TPSA) is 48.8 Å². The molecule has 12 aromatic rings. The highest BCUT2D eigenvalue weighted by Gasteiger charge is 2.22. The molecule has 0 amide bonds. The lowest BCUT2D eigenvalue weighted by atomic mass is 10.0. The van der Waals surface area contributed by atoms with E-state index in [2.05, 4.69) is 185 Å². The van der Waals surface area contributed by atoms with Gasteiger partial charge in [-0.2, -0.15) is 0 Å². The first-order chi connectivity index (χ1) is 28.3. The third-order valence-corrected chi connectivity index (χ3v) is 11.3. The first-order valence-corrected chi connectivity index (χ1v) is 19.2. The molecular weight excluding hydrogens is 697 g/mol. The second kappa shape index (κ2) is 12.4. The zero-order valence-electron chi connectivity index (χ0n) is 30.7. The van der Waals surface area contributed by atoms with Crippen molar-refractivity contribution in [1.82, 2.24) is 19.1 Å². The van der Waals surface area contributed by atoms with E-state index in [4.69, 9.17) is 14.4 Å². The molecule has 8 aromatic carbocycles. The molecule has 0 aliphatic carbocycles. The summed E-state index contributed by atoms with van der Waals surface area (Å²) in [5, 5.41) is 6.99. The van der Waals surface area contributed by atoms with Crippen molar-refractivity contribution in [2.24, 2.45) is 0 Å². The van der Waals surface area contributed by atoms with E-state index in [1.54, 1.807) is 0 Å². The Kier molecular flexibility index (Phi) is 6.86. The van der Waals surface area contributed by atoms with Crippen LogP contribution in [0.2, 0.25) is 0 Å². The third-order valence-electron chi connectivity index (χ3n) is 11.3. The Balaban J connectivity index is 1.14. The average molecular weight is 729 g/mol. The van der Waals surface area contributed by atoms with E-state index in [-0.39, 0.29) is 0 Å². The Morgan fingerprint density at radius 1 is 0.333 bits per heavy atom. The minimum Gasteiger partial charge on any atom is -0.456 e. The lowest BCUT2D eigenvalue weighted by Crippen LogP contribution is -1.98. The highest BCUT2D eigenvalue weighted by Crippen LogP contribution is 2.44. The van der Waals surface area contributed by atoms with Crippen molar-refractivity contribution in [3.8, 4) is 45.3 Å². The van der Waals surface area contributed by atoms with Gasteiger partial charge in [0.1, 0.15) is 11.2 Å². The molecule has 266 valence electrons. The van der Waals surface area contributed by atoms with E-state index in [1.807, 2.05) is 18.2 Å². The minimum atomic E-state index is 0.681. The number of hydrogen-bond donors (Lipinski definition) is 0. The Bertz CT molecular complexity index is 3450. The van der Waals surface area contributed by atoms with Gasteiger partial charge in [0.15, 0.2) is 5.82 Å². The van der Waals surface area contributed by atoms with Gasteiger partial charge in [0, 0.05) is 60.4 Å². The van der Waals surface area contributed by atoms with Gasteiger partial charge in [0.25, 0.3) is 0 Å². The standard InChI is InChI=1S/C52H32N4O/c1-4-15-33(16-5-1)42-32-43(34-17-6-2-7-18-34)54-52(53-42)35-19-14-22-37(29-35)56-44-25-12-10-23-38(44)40-30-47-41(31-46(40)56)50-45(55(47)36-20-8-3-9-21-36)27-28-49-51(50)39-24-11-13-26-48(39)57-49/h1-32H. The summed E-state index contributed by atoms with van der Waals surface area (Å²) in [6.07, 6.45) is 0. The van der Waals surface area contributed by atoms with Crippen molar-refractivity contribution in [3.63, 3.8) is 0 Å². The number of furan rings is 1. The van der Waals surface area contributed by atoms with Crippen molar-refractivity contribution in [2.45, 2.75) is 0 Å². The number of aromatic nitrogens is 4. The summed E-state index contributed by atoms with van der Waals surface area (Å²) < 4.78 is 11.3. The predicted octanol–water partition coefficient (Wildman–Crippen LogP) is 13.6. The number of rotatable bonds is 5. The van der Waals surface area contributed by atoms with Crippen molar-refractivity contribution in [2.75, 3.05) is 0 Å². The van der Waals surface area contributed by atoms with Crippen LogP contribution < -0.4 is 0 Å². The van der Waals surface area contributed by atoms with Crippen LogP contribution in [0.4, 0.5) is 0 Å². The molecule has 0 atom stereocenters. The number of nitrogens with zero attached hydrogens (tertiary/aromatic N) is 4. The molecule has 12 rings (SSSR count). The summed E-state index contributed by atoms with van der Waals surface area (Å²) in [7, 11) is 0. The highest BCUT2D eigenvalue weighted by atomic mass is 16.3. The molecule has 57 heavy (non-hydrogen) atoms. The summed E-state index contributed by atoms with van der Waals surface area (Å²) in [4.78, 5) is 10.3. The van der Waals surface area contributed by atoms with Crippen molar-refractivity contribution < 1.29 is 4.42 Å². The molecular formula is C52H32N4O. The molecule has 0 saturated carbocycles. The number of hydrogen-bond acceptors (Lipinski definition) is 3. The largest absolute Gasteiger partial charge is 0.456 e. The molecule has 0 unspecified atom stereocenters. The molecule has 0 radical (unpaired) electrons. The molecule has 5 nitrogen and oxygen atoms in total. The van der Waals surface area contributed by atoms with Gasteiger partial charge >= 0.3 is 0 Å². The van der Waals surface area contributed by atoms with Crippen molar-refractivity contribution in [3.05, 3.63) is 194 Å². The summed E-state index contributed by atoms with van der Waals surface area (Å²) in [6.45, 7) is 0. The fourth-order valence-electron chi connectivity index (χ4n) is 8.79. The highest BCUT2D eigenvalue weighted by molar-refractivity contribution is 6.29. The van der Waals surface area contributed by atoms with Gasteiger partial charge in [-0.1, -0.05) is 127 Å². The zero-order chi connectivity index (χ0) is 37.5. The SMILES string of the molecule is c1ccc(-c2cc(-c3ccccc3)nc(-c3cccc(-n4c5ccccc5c5cc6c(cc54)c4c5c(ccc4n6-c4ccccc4)oc4ccccc45)c3)n2)cc1. The van der Waals surface area contributed by atoms with Gasteiger partial charge in [0.05, 0.1) is 33.5 Å². The van der Waals surface area contributed by atoms with Gasteiger partial charge in [-0.05, 0) is 66.7 Å². The van der Waals surface area contributed by atoms with Crippen LogP contribution in [0.1, 0.15) is 0 Å². The molecule has 0 N–H and O–H groups in total. The summed E-state index contributed by atoms with van der Waals surface area (Å²) >= 11 is 0. The van der Waals surface area contributed by atoms with E-state index < -0.39 is 0 Å². The molecule has 0 saturated heterocycles. The smallest absolute Gasteiger partial charge is 0.160 e. The Morgan fingerprint density at radius 3 is 1.67 bits per heavy atom. The van der Waals surface area contributed by atoms with Crippen LogP contribution in [0.25, 0.3) is 111 Å². The first-order valence-electron chi connectivity index (χ1n) is 19.2. The van der Waals surface area contributed by atoms with Crippen LogP contribution in [-0.2, 0) is 0 Å². The average Bonchev–Trinajstić information content (AvgIpc) is 3.93. The summed E-state index contributed by atoms with van der Waals surface area (Å²) in [5.41, 5.74) is 13.3. The number of fused-ring (bicyclic) bond motifs is 10. The number of para-hydroxylation sites is 3. The van der Waals surface area contributed by atoms with Crippen LogP contribution in [0.15, 0.2) is 199 Å². The Labute approximate surface area is 327 Å². The molecule has 0 aliphatic rings. The molecule has 0 aliphatic heterocycles. The van der Waals surface area contributed by atoms with Crippen LogP contribution in [-0.4, -0.2) is 19.1 Å². The van der Waals surface area contributed by atoms with Crippen molar-refractivity contribution >= 4 is 65.6 Å². The minimum absolute atomic E-state index is 0.681. The van der Waals surface area contributed by atoms with Gasteiger partial charge in [-0.3, -0.25) is 0 Å². The molecule has 4 heterocycles. The maximum atomic E-state index is 6.46. The molecule has 0 bridgehead atoms. The molecule has 0 fully saturated rings. The van der Waals surface area contributed by atoms with Gasteiger partial charge in [-0.25, -0.2) is 9.97 Å². The molecule has 4 aromatic heterocycles. The van der Waals surface area contributed by atoms with Crippen LogP contribution >= 0.6 is 0 Å². The van der Waals surface area contributed by atoms with E-state index in [1.165, 1.54) is 21.5 Å². The Hall–Kier alpha value is -7.76. The van der Waals surface area contributed by atoms with Crippen LogP contribution in [0.3, 0.4) is 0 Å². The predicted molar refractivity (Wildman–Crippen MR) is 234 cm³/mol. The first kappa shape index (κ1) is 31.6. The van der Waals surface area contributed by atoms with Gasteiger partial charge in [0.2, 0.25) is 0 Å². The van der Waals surface area contributed by atoms with E-state index in [0.717, 1.165) is 83.5 Å². The van der Waals surface area contributed by atoms with Gasteiger partial charge in [-0.15, -0.1) is 0 Å². The van der Waals surface area contributed by atoms with E-state index in [0.29, 0.717) is 5.82 Å². The zero-order valence-corrected chi connectivity index (χ0v) is 30.7. The molecule has 0 spiro atoms. The second-order valence-electron chi connectivity index (χ2n) is 14.6. The maximum Gasteiger partial charge on any atom is 0.160 e. The summed E-state index contributed by atoms with van der Waals surface area (Å²) in [6, 6.07) is 68.3. The lowest BCUT2D eigenvalue weighted by molar-refractivity contribution is 0.669. The van der Waals surface area contributed by atoms with E-state index >= 15 is 0 Å². The molecule has 5 heteroatoms. The van der Waals surface area contributed by atoms with Crippen LogP contribution in [0.5, 0.6) is 0 Å². The monoisotopic (exact) mass is 728 g/mol. The third kappa shape index (κ3) is 4.89. The number of benzene rings is 8. The normalized spacial score (nSPS) is 11.9. The fraction of sp³-hybridized carbons (Fsp3) is 0.